The summed E-state index contributed by atoms with van der Waals surface area (Å²) < 4.78 is 4.58. The van der Waals surface area contributed by atoms with Gasteiger partial charge in [0.1, 0.15) is 0 Å². The standard InChI is InChI=1S/C12H12ClN3O2S/c1-18-11(17)5-8-6-19-12(15-8)16-10-3-2-7(14)4-9(10)13/h2-4,6H,5,14H2,1H3,(H,15,16). The van der Waals surface area contributed by atoms with E-state index in [1.807, 2.05) is 0 Å². The zero-order valence-electron chi connectivity index (χ0n) is 10.1. The minimum Gasteiger partial charge on any atom is -0.469 e. The summed E-state index contributed by atoms with van der Waals surface area (Å²) in [7, 11) is 1.35. The van der Waals surface area contributed by atoms with Crippen molar-refractivity contribution in [2.45, 2.75) is 6.42 Å². The number of nitrogens with two attached hydrogens (primary N) is 1. The number of esters is 1. The Hall–Kier alpha value is -1.79. The lowest BCUT2D eigenvalue weighted by molar-refractivity contribution is -0.139. The zero-order valence-corrected chi connectivity index (χ0v) is 11.7. The molecule has 0 atom stereocenters. The number of hydrogen-bond acceptors (Lipinski definition) is 6. The second kappa shape index (κ2) is 5.90. The number of hydrogen-bond donors (Lipinski definition) is 2. The van der Waals surface area contributed by atoms with E-state index in [0.29, 0.717) is 21.5 Å². The Kier molecular flexibility index (Phi) is 4.24. The Bertz CT molecular complexity index is 600. The molecule has 0 aliphatic heterocycles. The van der Waals surface area contributed by atoms with Crippen molar-refractivity contribution in [1.82, 2.24) is 4.98 Å². The number of thiazole rings is 1. The highest BCUT2D eigenvalue weighted by Gasteiger charge is 2.09. The number of anilines is 3. The summed E-state index contributed by atoms with van der Waals surface area (Å²) in [6.45, 7) is 0. The van der Waals surface area contributed by atoms with E-state index in [1.165, 1.54) is 18.4 Å². The van der Waals surface area contributed by atoms with Crippen LogP contribution in [0.2, 0.25) is 5.02 Å². The van der Waals surface area contributed by atoms with Gasteiger partial charge in [0, 0.05) is 11.1 Å². The fraction of sp³-hybridized carbons (Fsp3) is 0.167. The van der Waals surface area contributed by atoms with Crippen LogP contribution in [0.4, 0.5) is 16.5 Å². The van der Waals surface area contributed by atoms with E-state index in [4.69, 9.17) is 17.3 Å². The predicted molar refractivity (Wildman–Crippen MR) is 77.0 cm³/mol. The first-order valence-electron chi connectivity index (χ1n) is 5.42. The van der Waals surface area contributed by atoms with E-state index in [9.17, 15) is 4.79 Å². The molecule has 100 valence electrons. The van der Waals surface area contributed by atoms with E-state index in [0.717, 1.165) is 5.69 Å². The van der Waals surface area contributed by atoms with Gasteiger partial charge in [0.25, 0.3) is 0 Å². The van der Waals surface area contributed by atoms with Crippen molar-refractivity contribution in [3.63, 3.8) is 0 Å². The van der Waals surface area contributed by atoms with E-state index in [2.05, 4.69) is 15.0 Å². The van der Waals surface area contributed by atoms with Gasteiger partial charge in [0.05, 0.1) is 29.9 Å². The van der Waals surface area contributed by atoms with Crippen LogP contribution in [-0.4, -0.2) is 18.1 Å². The van der Waals surface area contributed by atoms with E-state index in [-0.39, 0.29) is 12.4 Å². The Morgan fingerprint density at radius 2 is 2.37 bits per heavy atom. The molecule has 5 nitrogen and oxygen atoms in total. The molecular formula is C12H12ClN3O2S. The predicted octanol–water partition coefficient (Wildman–Crippen LogP) is 2.84. The molecule has 7 heteroatoms. The second-order valence-corrected chi connectivity index (χ2v) is 5.03. The Balaban J connectivity index is 2.09. The molecule has 0 bridgehead atoms. The first-order valence-corrected chi connectivity index (χ1v) is 6.67. The molecule has 2 aromatic rings. The van der Waals surface area contributed by atoms with Gasteiger partial charge in [0.2, 0.25) is 0 Å². The third kappa shape index (κ3) is 3.59. The van der Waals surface area contributed by atoms with E-state index >= 15 is 0 Å². The third-order valence-corrected chi connectivity index (χ3v) is 3.46. The number of nitrogen functional groups attached to an aromatic ring is 1. The Morgan fingerprint density at radius 1 is 1.58 bits per heavy atom. The molecule has 1 aromatic carbocycles. The fourth-order valence-corrected chi connectivity index (χ4v) is 2.37. The smallest absolute Gasteiger partial charge is 0.311 e. The number of carbonyl (C=O) groups is 1. The van der Waals surface area contributed by atoms with Gasteiger partial charge in [-0.1, -0.05) is 11.6 Å². The topological polar surface area (TPSA) is 77.2 Å². The molecule has 0 aliphatic rings. The first kappa shape index (κ1) is 13.6. The molecule has 1 heterocycles. The summed E-state index contributed by atoms with van der Waals surface area (Å²) in [6.07, 6.45) is 0.157. The molecule has 0 saturated carbocycles. The molecule has 0 unspecified atom stereocenters. The number of nitrogens with one attached hydrogen (secondary N) is 1. The van der Waals surface area contributed by atoms with Crippen LogP contribution in [-0.2, 0) is 16.0 Å². The maximum Gasteiger partial charge on any atom is 0.311 e. The Morgan fingerprint density at radius 3 is 3.05 bits per heavy atom. The van der Waals surface area contributed by atoms with E-state index in [1.54, 1.807) is 23.6 Å². The summed E-state index contributed by atoms with van der Waals surface area (Å²) in [4.78, 5) is 15.4. The van der Waals surface area contributed by atoms with Gasteiger partial charge in [-0.15, -0.1) is 11.3 Å². The average molecular weight is 298 g/mol. The van der Waals surface area contributed by atoms with Crippen LogP contribution in [0.3, 0.4) is 0 Å². The molecule has 0 fully saturated rings. The second-order valence-electron chi connectivity index (χ2n) is 3.76. The lowest BCUT2D eigenvalue weighted by atomic mass is 10.3. The lowest BCUT2D eigenvalue weighted by Crippen LogP contribution is -2.04. The summed E-state index contributed by atoms with van der Waals surface area (Å²) in [5.41, 5.74) is 7.59. The van der Waals surface area contributed by atoms with Crippen molar-refractivity contribution in [3.8, 4) is 0 Å². The summed E-state index contributed by atoms with van der Waals surface area (Å²) in [6, 6.07) is 5.18. The van der Waals surface area contributed by atoms with Crippen molar-refractivity contribution in [1.29, 1.82) is 0 Å². The van der Waals surface area contributed by atoms with Gasteiger partial charge >= 0.3 is 5.97 Å². The summed E-state index contributed by atoms with van der Waals surface area (Å²) in [5.74, 6) is -0.317. The maximum absolute atomic E-state index is 11.1. The molecule has 2 rings (SSSR count). The number of halogens is 1. The molecule has 0 spiro atoms. The zero-order chi connectivity index (χ0) is 13.8. The molecule has 19 heavy (non-hydrogen) atoms. The van der Waals surface area contributed by atoms with Crippen molar-refractivity contribution in [2.24, 2.45) is 0 Å². The van der Waals surface area contributed by atoms with Crippen molar-refractivity contribution in [3.05, 3.63) is 34.3 Å². The van der Waals surface area contributed by atoms with Gasteiger partial charge in [-0.05, 0) is 18.2 Å². The molecule has 0 radical (unpaired) electrons. The highest BCUT2D eigenvalue weighted by molar-refractivity contribution is 7.13. The Labute approximate surface area is 119 Å². The lowest BCUT2D eigenvalue weighted by Gasteiger charge is -2.05. The van der Waals surface area contributed by atoms with Crippen LogP contribution >= 0.6 is 22.9 Å². The largest absolute Gasteiger partial charge is 0.469 e. The van der Waals surface area contributed by atoms with Gasteiger partial charge in [-0.2, -0.15) is 0 Å². The van der Waals surface area contributed by atoms with Crippen LogP contribution in [0, 0.1) is 0 Å². The van der Waals surface area contributed by atoms with Crippen molar-refractivity contribution >= 4 is 45.4 Å². The van der Waals surface area contributed by atoms with Crippen LogP contribution in [0.25, 0.3) is 0 Å². The molecule has 0 saturated heterocycles. The number of ether oxygens (including phenoxy) is 1. The van der Waals surface area contributed by atoms with Crippen LogP contribution in [0.1, 0.15) is 5.69 Å². The molecular weight excluding hydrogens is 286 g/mol. The molecule has 3 N–H and O–H groups in total. The highest BCUT2D eigenvalue weighted by atomic mass is 35.5. The van der Waals surface area contributed by atoms with E-state index < -0.39 is 0 Å². The quantitative estimate of drug-likeness (QED) is 0.670. The van der Waals surface area contributed by atoms with Crippen LogP contribution < -0.4 is 11.1 Å². The van der Waals surface area contributed by atoms with Crippen LogP contribution in [0.5, 0.6) is 0 Å². The van der Waals surface area contributed by atoms with Crippen LogP contribution in [0.15, 0.2) is 23.6 Å². The fourth-order valence-electron chi connectivity index (χ4n) is 1.41. The monoisotopic (exact) mass is 297 g/mol. The normalized spacial score (nSPS) is 10.2. The maximum atomic E-state index is 11.1. The molecule has 1 aromatic heterocycles. The van der Waals surface area contributed by atoms with Crippen molar-refractivity contribution < 1.29 is 9.53 Å². The summed E-state index contributed by atoms with van der Waals surface area (Å²) >= 11 is 7.44. The number of benzene rings is 1. The number of aromatic nitrogens is 1. The van der Waals surface area contributed by atoms with Gasteiger partial charge < -0.3 is 15.8 Å². The van der Waals surface area contributed by atoms with Gasteiger partial charge in [-0.25, -0.2) is 4.98 Å². The highest BCUT2D eigenvalue weighted by Crippen LogP contribution is 2.28. The number of carbonyl (C=O) groups excluding carboxylic acids is 1. The molecule has 0 amide bonds. The van der Waals surface area contributed by atoms with Crippen molar-refractivity contribution in [2.75, 3.05) is 18.2 Å². The minimum absolute atomic E-state index is 0.157. The number of rotatable bonds is 4. The minimum atomic E-state index is -0.317. The number of methoxy groups -OCH3 is 1. The summed E-state index contributed by atoms with van der Waals surface area (Å²) in [5, 5.41) is 6.05. The average Bonchev–Trinajstić information content (AvgIpc) is 2.80. The number of nitrogens with zero attached hydrogens (tertiary/aromatic N) is 1. The molecule has 0 aliphatic carbocycles. The first-order chi connectivity index (χ1) is 9.08. The van der Waals surface area contributed by atoms with Gasteiger partial charge in [-0.3, -0.25) is 4.79 Å². The SMILES string of the molecule is COC(=O)Cc1csc(Nc2ccc(N)cc2Cl)n1. The van der Waals surface area contributed by atoms with Gasteiger partial charge in [0.15, 0.2) is 5.13 Å². The third-order valence-electron chi connectivity index (χ3n) is 2.34.